The molecule has 0 unspecified atom stereocenters. The molecule has 0 aliphatic carbocycles. The Morgan fingerprint density at radius 1 is 0.923 bits per heavy atom. The summed E-state index contributed by atoms with van der Waals surface area (Å²) in [7, 11) is 0. The Morgan fingerprint density at radius 3 is 2.35 bits per heavy atom. The second kappa shape index (κ2) is 7.23. The molecule has 0 N–H and O–H groups in total. The fourth-order valence-corrected chi connectivity index (χ4v) is 3.50. The van der Waals surface area contributed by atoms with Crippen LogP contribution in [0.3, 0.4) is 0 Å². The van der Waals surface area contributed by atoms with E-state index in [0.717, 1.165) is 31.5 Å². The highest BCUT2D eigenvalue weighted by Crippen LogP contribution is 2.22. The minimum absolute atomic E-state index is 0.00977. The van der Waals surface area contributed by atoms with Crippen molar-refractivity contribution in [2.75, 3.05) is 13.1 Å². The van der Waals surface area contributed by atoms with E-state index in [9.17, 15) is 9.18 Å². The van der Waals surface area contributed by atoms with Crippen LogP contribution in [0.25, 0.3) is 17.0 Å². The molecule has 0 radical (unpaired) electrons. The number of halogens is 1. The number of benzene rings is 1. The van der Waals surface area contributed by atoms with E-state index in [4.69, 9.17) is 0 Å². The zero-order chi connectivity index (χ0) is 17.9. The molecule has 0 atom stereocenters. The highest BCUT2D eigenvalue weighted by molar-refractivity contribution is 6.00. The number of aromatic nitrogens is 3. The predicted octanol–water partition coefficient (Wildman–Crippen LogP) is 3.94. The van der Waals surface area contributed by atoms with Crippen molar-refractivity contribution in [3.05, 3.63) is 54.0 Å². The molecular formula is C20H21FN4O. The smallest absolute Gasteiger partial charge is 0.257 e. The van der Waals surface area contributed by atoms with Crippen molar-refractivity contribution in [3.63, 3.8) is 0 Å². The van der Waals surface area contributed by atoms with Crippen molar-refractivity contribution < 1.29 is 9.18 Å². The summed E-state index contributed by atoms with van der Waals surface area (Å²) in [6.07, 6.45) is 7.52. The van der Waals surface area contributed by atoms with Crippen LogP contribution in [0.2, 0.25) is 0 Å². The molecule has 1 fully saturated rings. The Balaban J connectivity index is 1.70. The molecule has 1 aromatic carbocycles. The summed E-state index contributed by atoms with van der Waals surface area (Å²) < 4.78 is 15.0. The number of nitrogens with zero attached hydrogens (tertiary/aromatic N) is 4. The lowest BCUT2D eigenvalue weighted by molar-refractivity contribution is 0.0743. The average molecular weight is 352 g/mol. The maximum absolute atomic E-state index is 13.2. The molecule has 1 aliphatic heterocycles. The molecule has 0 spiro atoms. The summed E-state index contributed by atoms with van der Waals surface area (Å²) in [5.74, 6) is 0.313. The highest BCUT2D eigenvalue weighted by atomic mass is 19.1. The van der Waals surface area contributed by atoms with Gasteiger partial charge < -0.3 is 4.90 Å². The zero-order valence-corrected chi connectivity index (χ0v) is 14.6. The monoisotopic (exact) mass is 352 g/mol. The van der Waals surface area contributed by atoms with Crippen molar-refractivity contribution >= 4 is 11.6 Å². The number of hydrogen-bond acceptors (Lipinski definition) is 3. The molecule has 1 saturated heterocycles. The van der Waals surface area contributed by atoms with Crippen molar-refractivity contribution in [2.24, 2.45) is 0 Å². The summed E-state index contributed by atoms with van der Waals surface area (Å²) in [5.41, 5.74) is 1.86. The number of pyridine rings is 1. The molecular weight excluding hydrogens is 331 g/mol. The van der Waals surface area contributed by atoms with E-state index in [2.05, 4.69) is 10.2 Å². The van der Waals surface area contributed by atoms with Gasteiger partial charge in [-0.15, -0.1) is 10.2 Å². The van der Waals surface area contributed by atoms with Gasteiger partial charge in [0.25, 0.3) is 5.91 Å². The molecule has 3 heterocycles. The lowest BCUT2D eigenvalue weighted by atomic mass is 10.1. The normalized spacial score (nSPS) is 15.7. The first kappa shape index (κ1) is 16.7. The van der Waals surface area contributed by atoms with Crippen molar-refractivity contribution in [3.8, 4) is 11.4 Å². The molecule has 3 aromatic rings. The zero-order valence-electron chi connectivity index (χ0n) is 14.6. The average Bonchev–Trinajstić information content (AvgIpc) is 3.06. The lowest BCUT2D eigenvalue weighted by Crippen LogP contribution is -2.34. The van der Waals surface area contributed by atoms with Gasteiger partial charge in [-0.1, -0.05) is 19.3 Å². The van der Waals surface area contributed by atoms with Crippen LogP contribution in [0.5, 0.6) is 0 Å². The third-order valence-electron chi connectivity index (χ3n) is 4.91. The van der Waals surface area contributed by atoms with Gasteiger partial charge in [-0.25, -0.2) is 4.39 Å². The number of rotatable bonds is 2. The molecule has 1 aliphatic rings. The van der Waals surface area contributed by atoms with Gasteiger partial charge in [-0.05, 0) is 49.2 Å². The summed E-state index contributed by atoms with van der Waals surface area (Å²) >= 11 is 0. The van der Waals surface area contributed by atoms with Gasteiger partial charge in [0.15, 0.2) is 11.5 Å². The van der Waals surface area contributed by atoms with Crippen LogP contribution >= 0.6 is 0 Å². The number of carbonyl (C=O) groups is 1. The van der Waals surface area contributed by atoms with Crippen molar-refractivity contribution in [1.82, 2.24) is 19.5 Å². The predicted molar refractivity (Wildman–Crippen MR) is 97.4 cm³/mol. The van der Waals surface area contributed by atoms with Crippen LogP contribution in [0.4, 0.5) is 4.39 Å². The Labute approximate surface area is 151 Å². The first-order chi connectivity index (χ1) is 12.7. The number of amides is 1. The molecule has 2 aromatic heterocycles. The van der Waals surface area contributed by atoms with Gasteiger partial charge in [0, 0.05) is 24.8 Å². The van der Waals surface area contributed by atoms with Crippen LogP contribution in [0, 0.1) is 5.82 Å². The topological polar surface area (TPSA) is 50.5 Å². The first-order valence-corrected chi connectivity index (χ1v) is 9.13. The molecule has 26 heavy (non-hydrogen) atoms. The standard InChI is InChI=1S/C20H21FN4O/c21-16-10-8-15(9-11-16)18-22-23-19-17(7-6-14-25(18)19)20(26)24-12-4-2-1-3-5-13-24/h6-11,14H,1-5,12-13H2. The maximum atomic E-state index is 13.2. The second-order valence-corrected chi connectivity index (χ2v) is 6.71. The van der Waals surface area contributed by atoms with Gasteiger partial charge in [-0.2, -0.15) is 0 Å². The van der Waals surface area contributed by atoms with Gasteiger partial charge >= 0.3 is 0 Å². The fraction of sp³-hybridized carbons (Fsp3) is 0.350. The Hall–Kier alpha value is -2.76. The number of hydrogen-bond donors (Lipinski definition) is 0. The van der Waals surface area contributed by atoms with Gasteiger partial charge in [0.05, 0.1) is 5.56 Å². The van der Waals surface area contributed by atoms with Crippen molar-refractivity contribution in [1.29, 1.82) is 0 Å². The Morgan fingerprint density at radius 2 is 1.62 bits per heavy atom. The quantitative estimate of drug-likeness (QED) is 0.702. The first-order valence-electron chi connectivity index (χ1n) is 9.13. The Bertz CT molecular complexity index is 911. The Kier molecular flexibility index (Phi) is 4.65. The third kappa shape index (κ3) is 3.19. The van der Waals surface area contributed by atoms with E-state index in [0.29, 0.717) is 17.0 Å². The van der Waals surface area contributed by atoms with E-state index >= 15 is 0 Å². The summed E-state index contributed by atoms with van der Waals surface area (Å²) in [6, 6.07) is 9.76. The van der Waals surface area contributed by atoms with Crippen LogP contribution in [0.15, 0.2) is 42.6 Å². The van der Waals surface area contributed by atoms with E-state index in [-0.39, 0.29) is 11.7 Å². The highest BCUT2D eigenvalue weighted by Gasteiger charge is 2.21. The molecule has 4 rings (SSSR count). The molecule has 1 amide bonds. The third-order valence-corrected chi connectivity index (χ3v) is 4.91. The van der Waals surface area contributed by atoms with Gasteiger partial charge in [-0.3, -0.25) is 9.20 Å². The number of fused-ring (bicyclic) bond motifs is 1. The molecule has 0 saturated carbocycles. The SMILES string of the molecule is O=C(c1cccn2c(-c3ccc(F)cc3)nnc12)N1CCCCCCC1. The van der Waals surface area contributed by atoms with Crippen LogP contribution in [-0.2, 0) is 0 Å². The van der Waals surface area contributed by atoms with Crippen LogP contribution in [0.1, 0.15) is 42.5 Å². The molecule has 6 heteroatoms. The fourth-order valence-electron chi connectivity index (χ4n) is 3.50. The maximum Gasteiger partial charge on any atom is 0.257 e. The molecule has 5 nitrogen and oxygen atoms in total. The number of likely N-dealkylation sites (tertiary alicyclic amines) is 1. The molecule has 0 bridgehead atoms. The van der Waals surface area contributed by atoms with E-state index in [1.165, 1.54) is 31.4 Å². The van der Waals surface area contributed by atoms with Gasteiger partial charge in [0.1, 0.15) is 5.82 Å². The van der Waals surface area contributed by atoms with Crippen LogP contribution in [-0.4, -0.2) is 38.5 Å². The van der Waals surface area contributed by atoms with E-state index in [1.807, 2.05) is 17.2 Å². The molecule has 134 valence electrons. The van der Waals surface area contributed by atoms with E-state index in [1.54, 1.807) is 22.6 Å². The lowest BCUT2D eigenvalue weighted by Gasteiger charge is -2.24. The summed E-state index contributed by atoms with van der Waals surface area (Å²) in [5, 5.41) is 8.48. The number of carbonyl (C=O) groups excluding carboxylic acids is 1. The van der Waals surface area contributed by atoms with Crippen LogP contribution < -0.4 is 0 Å². The second-order valence-electron chi connectivity index (χ2n) is 6.71. The summed E-state index contributed by atoms with van der Waals surface area (Å²) in [6.45, 7) is 1.58. The van der Waals surface area contributed by atoms with E-state index < -0.39 is 0 Å². The van der Waals surface area contributed by atoms with Gasteiger partial charge in [0.2, 0.25) is 0 Å². The van der Waals surface area contributed by atoms with Crippen molar-refractivity contribution in [2.45, 2.75) is 32.1 Å². The minimum Gasteiger partial charge on any atom is -0.339 e. The minimum atomic E-state index is -0.296. The summed E-state index contributed by atoms with van der Waals surface area (Å²) in [4.78, 5) is 15.0. The largest absolute Gasteiger partial charge is 0.339 e.